The largest absolute Gasteiger partial charge is 0.273 e. The van der Waals surface area contributed by atoms with Gasteiger partial charge in [-0.2, -0.15) is 0 Å². The lowest BCUT2D eigenvalue weighted by Crippen LogP contribution is -2.25. The van der Waals surface area contributed by atoms with Crippen molar-refractivity contribution in [2.24, 2.45) is 5.92 Å². The van der Waals surface area contributed by atoms with Gasteiger partial charge in [-0.15, -0.1) is 34.0 Å². The monoisotopic (exact) mass is 451 g/mol. The van der Waals surface area contributed by atoms with E-state index in [-0.39, 0.29) is 5.91 Å². The molecule has 0 aromatic carbocycles. The predicted molar refractivity (Wildman–Crippen MR) is 124 cm³/mol. The van der Waals surface area contributed by atoms with Crippen molar-refractivity contribution >= 4 is 65.3 Å². The second-order valence-corrected chi connectivity index (χ2v) is 12.3. The van der Waals surface area contributed by atoms with Gasteiger partial charge in [-0.3, -0.25) is 4.79 Å². The second kappa shape index (κ2) is 8.01. The lowest BCUT2D eigenvalue weighted by Gasteiger charge is -2.13. The molecule has 3 aromatic rings. The van der Waals surface area contributed by atoms with Gasteiger partial charge in [-0.05, 0) is 38.3 Å². The molecule has 4 heterocycles. The van der Waals surface area contributed by atoms with E-state index < -0.39 is 11.0 Å². The highest BCUT2D eigenvalue weighted by molar-refractivity contribution is 7.88. The van der Waals surface area contributed by atoms with Gasteiger partial charge in [0.1, 0.15) is 5.00 Å². The van der Waals surface area contributed by atoms with Crippen LogP contribution in [-0.2, 0) is 17.4 Å². The first-order valence-corrected chi connectivity index (χ1v) is 13.4. The van der Waals surface area contributed by atoms with Crippen LogP contribution in [0.1, 0.15) is 64.5 Å². The first-order valence-electron chi connectivity index (χ1n) is 9.83. The molecule has 28 heavy (non-hydrogen) atoms. The standard InChI is InChI=1S/C21H25NO2S4/c1-5-7-8-14(6-2)9-15-10-16-17(26-15)11-18(27-16)22-21(23)19-12(3)25-13(4)20(19)28(22)24/h10-11,14H,5-9H2,1-4H3. The molecule has 0 bridgehead atoms. The van der Waals surface area contributed by atoms with Crippen LogP contribution < -0.4 is 4.31 Å². The Morgan fingerprint density at radius 1 is 1.07 bits per heavy atom. The Hall–Kier alpha value is -1.02. The van der Waals surface area contributed by atoms with Crippen molar-refractivity contribution in [1.29, 1.82) is 0 Å². The van der Waals surface area contributed by atoms with Crippen molar-refractivity contribution in [2.45, 2.75) is 64.7 Å². The van der Waals surface area contributed by atoms with E-state index in [1.807, 2.05) is 25.2 Å². The molecule has 3 aromatic heterocycles. The number of amides is 1. The number of thiophene rings is 3. The third-order valence-corrected chi connectivity index (χ3v) is 10.5. The summed E-state index contributed by atoms with van der Waals surface area (Å²) in [6, 6.07) is 4.33. The van der Waals surface area contributed by atoms with Crippen molar-refractivity contribution in [3.05, 3.63) is 32.3 Å². The fourth-order valence-corrected chi connectivity index (χ4v) is 9.27. The summed E-state index contributed by atoms with van der Waals surface area (Å²) in [4.78, 5) is 17.0. The normalized spacial score (nSPS) is 17.6. The molecule has 0 aliphatic carbocycles. The van der Waals surface area contributed by atoms with E-state index in [0.717, 1.165) is 27.1 Å². The minimum absolute atomic E-state index is 0.116. The fourth-order valence-electron chi connectivity index (χ4n) is 3.87. The lowest BCUT2D eigenvalue weighted by molar-refractivity contribution is 0.101. The summed E-state index contributed by atoms with van der Waals surface area (Å²) < 4.78 is 16.9. The van der Waals surface area contributed by atoms with Crippen LogP contribution in [0, 0.1) is 19.8 Å². The maximum absolute atomic E-state index is 13.0. The molecule has 1 aliphatic heterocycles. The molecule has 0 spiro atoms. The van der Waals surface area contributed by atoms with E-state index in [9.17, 15) is 9.00 Å². The summed E-state index contributed by atoms with van der Waals surface area (Å²) in [6.45, 7) is 8.43. The molecule has 0 fully saturated rings. The topological polar surface area (TPSA) is 37.4 Å². The van der Waals surface area contributed by atoms with E-state index in [1.54, 1.807) is 22.7 Å². The molecule has 3 nitrogen and oxygen atoms in total. The van der Waals surface area contributed by atoms with Gasteiger partial charge in [0.25, 0.3) is 5.91 Å². The molecule has 1 amide bonds. The molecular formula is C21H25NO2S4. The number of nitrogens with zero attached hydrogens (tertiary/aromatic N) is 1. The molecule has 2 atom stereocenters. The van der Waals surface area contributed by atoms with Gasteiger partial charge in [0, 0.05) is 24.0 Å². The molecule has 2 unspecified atom stereocenters. The smallest absolute Gasteiger partial charge is 0.268 e. The number of hydrogen-bond acceptors (Lipinski definition) is 5. The molecule has 0 saturated heterocycles. The molecule has 150 valence electrons. The molecule has 1 aliphatic rings. The molecule has 0 radical (unpaired) electrons. The highest BCUT2D eigenvalue weighted by Gasteiger charge is 2.40. The van der Waals surface area contributed by atoms with Crippen LogP contribution in [0.3, 0.4) is 0 Å². The zero-order valence-corrected chi connectivity index (χ0v) is 19.9. The van der Waals surface area contributed by atoms with Crippen LogP contribution in [-0.4, -0.2) is 10.1 Å². The van der Waals surface area contributed by atoms with E-state index in [4.69, 9.17) is 0 Å². The van der Waals surface area contributed by atoms with Crippen molar-refractivity contribution in [3.8, 4) is 0 Å². The first kappa shape index (κ1) is 20.3. The van der Waals surface area contributed by atoms with Crippen molar-refractivity contribution in [3.63, 3.8) is 0 Å². The van der Waals surface area contributed by atoms with Crippen LogP contribution in [0.25, 0.3) is 9.40 Å². The molecule has 0 N–H and O–H groups in total. The van der Waals surface area contributed by atoms with Crippen LogP contribution in [0.5, 0.6) is 0 Å². The predicted octanol–water partition coefficient (Wildman–Crippen LogP) is 7.08. The minimum Gasteiger partial charge on any atom is -0.268 e. The third kappa shape index (κ3) is 3.40. The SMILES string of the molecule is CCCCC(CC)Cc1cc2sc(N3C(=O)c4c(C)sc(C)c4S3=O)cc2s1. The third-order valence-electron chi connectivity index (χ3n) is 5.42. The Kier molecular flexibility index (Phi) is 5.80. The number of fused-ring (bicyclic) bond motifs is 2. The Balaban J connectivity index is 1.58. The quantitative estimate of drug-likeness (QED) is 0.385. The number of carbonyl (C=O) groups is 1. The maximum Gasteiger partial charge on any atom is 0.273 e. The van der Waals surface area contributed by atoms with Crippen molar-refractivity contribution in [1.82, 2.24) is 0 Å². The number of rotatable bonds is 7. The van der Waals surface area contributed by atoms with Gasteiger partial charge < -0.3 is 0 Å². The average molecular weight is 452 g/mol. The van der Waals surface area contributed by atoms with E-state index in [2.05, 4.69) is 26.0 Å². The van der Waals surface area contributed by atoms with Crippen LogP contribution in [0.15, 0.2) is 17.0 Å². The molecular weight excluding hydrogens is 427 g/mol. The summed E-state index contributed by atoms with van der Waals surface area (Å²) in [7, 11) is -1.43. The van der Waals surface area contributed by atoms with Gasteiger partial charge in [-0.1, -0.05) is 39.5 Å². The Morgan fingerprint density at radius 3 is 2.46 bits per heavy atom. The summed E-state index contributed by atoms with van der Waals surface area (Å²) in [5, 5.41) is 0.800. The zero-order chi connectivity index (χ0) is 20.0. The van der Waals surface area contributed by atoms with Crippen LogP contribution in [0.2, 0.25) is 0 Å². The van der Waals surface area contributed by atoms with Gasteiger partial charge in [-0.25, -0.2) is 8.51 Å². The highest BCUT2D eigenvalue weighted by Crippen LogP contribution is 2.45. The van der Waals surface area contributed by atoms with Gasteiger partial charge in [0.05, 0.1) is 10.5 Å². The molecule has 7 heteroatoms. The van der Waals surface area contributed by atoms with Crippen molar-refractivity contribution in [2.75, 3.05) is 4.31 Å². The summed E-state index contributed by atoms with van der Waals surface area (Å²) in [5.41, 5.74) is 0.653. The summed E-state index contributed by atoms with van der Waals surface area (Å²) >= 11 is 4.97. The van der Waals surface area contributed by atoms with E-state index >= 15 is 0 Å². The number of carbonyl (C=O) groups excluding carboxylic acids is 1. The average Bonchev–Trinajstić information content (AvgIpc) is 3.34. The summed E-state index contributed by atoms with van der Waals surface area (Å²) in [6.07, 6.45) is 6.21. The van der Waals surface area contributed by atoms with Crippen LogP contribution in [0.4, 0.5) is 5.00 Å². The van der Waals surface area contributed by atoms with Crippen molar-refractivity contribution < 1.29 is 9.00 Å². The lowest BCUT2D eigenvalue weighted by atomic mass is 9.95. The van der Waals surface area contributed by atoms with Gasteiger partial charge >= 0.3 is 0 Å². The first-order chi connectivity index (χ1) is 13.4. The summed E-state index contributed by atoms with van der Waals surface area (Å²) in [5.74, 6) is 0.636. The van der Waals surface area contributed by atoms with E-state index in [1.165, 1.54) is 44.3 Å². The Bertz CT molecular complexity index is 990. The Morgan fingerprint density at radius 2 is 1.82 bits per heavy atom. The number of anilines is 1. The number of unbranched alkanes of at least 4 members (excludes halogenated alkanes) is 1. The number of aryl methyl sites for hydroxylation is 2. The highest BCUT2D eigenvalue weighted by atomic mass is 32.2. The zero-order valence-electron chi connectivity index (χ0n) is 16.7. The number of hydrogen-bond donors (Lipinski definition) is 0. The second-order valence-electron chi connectivity index (χ2n) is 7.41. The van der Waals surface area contributed by atoms with Crippen LogP contribution >= 0.6 is 34.0 Å². The van der Waals surface area contributed by atoms with Gasteiger partial charge in [0.2, 0.25) is 0 Å². The van der Waals surface area contributed by atoms with Gasteiger partial charge in [0.15, 0.2) is 11.0 Å². The van der Waals surface area contributed by atoms with E-state index in [0.29, 0.717) is 10.5 Å². The molecule has 0 saturated carbocycles. The molecule has 4 rings (SSSR count). The Labute approximate surface area is 181 Å². The minimum atomic E-state index is -1.43. The maximum atomic E-state index is 13.0. The fraction of sp³-hybridized carbons (Fsp3) is 0.476.